The largest absolute Gasteiger partial charge is 0.365 e. The molecular weight excluding hydrogens is 325 g/mol. The summed E-state index contributed by atoms with van der Waals surface area (Å²) in [6.07, 6.45) is 0. The summed E-state index contributed by atoms with van der Waals surface area (Å²) < 4.78 is 0. The van der Waals surface area contributed by atoms with E-state index in [1.54, 1.807) is 0 Å². The highest BCUT2D eigenvalue weighted by molar-refractivity contribution is 6.36. The quantitative estimate of drug-likeness (QED) is 0.486. The van der Waals surface area contributed by atoms with Crippen LogP contribution in [0.4, 0.5) is 5.69 Å². The average molecular weight is 356 g/mol. The molecule has 0 spiro atoms. The number of hydrogen-bond acceptors (Lipinski definition) is 1. The van der Waals surface area contributed by atoms with Gasteiger partial charge in [0, 0.05) is 38.8 Å². The molecule has 0 aromatic heterocycles. The predicted molar refractivity (Wildman–Crippen MR) is 104 cm³/mol. The third-order valence-electron chi connectivity index (χ3n) is 5.52. The van der Waals surface area contributed by atoms with Crippen molar-refractivity contribution in [3.8, 4) is 0 Å². The van der Waals surface area contributed by atoms with E-state index in [2.05, 4.69) is 73.3 Å². The molecule has 1 aliphatic rings. The summed E-state index contributed by atoms with van der Waals surface area (Å²) in [7, 11) is 0. The Morgan fingerprint density at radius 2 is 1.35 bits per heavy atom. The minimum absolute atomic E-state index is 0.0149. The van der Waals surface area contributed by atoms with Gasteiger partial charge in [-0.05, 0) is 43.7 Å². The Kier molecular flexibility index (Phi) is 4.36. The number of benzene rings is 1. The van der Waals surface area contributed by atoms with E-state index < -0.39 is 0 Å². The maximum atomic E-state index is 6.78. The van der Waals surface area contributed by atoms with Gasteiger partial charge in [0.25, 0.3) is 0 Å². The van der Waals surface area contributed by atoms with Gasteiger partial charge in [0.15, 0.2) is 0 Å². The van der Waals surface area contributed by atoms with Crippen LogP contribution in [0.2, 0.25) is 10.0 Å². The summed E-state index contributed by atoms with van der Waals surface area (Å²) in [6, 6.07) is 3.99. The Balaban J connectivity index is 2.91. The maximum Gasteiger partial charge on any atom is 0.0480 e. The average Bonchev–Trinajstić information content (AvgIpc) is 2.63. The van der Waals surface area contributed by atoms with Crippen molar-refractivity contribution in [2.75, 3.05) is 11.4 Å². The van der Waals surface area contributed by atoms with Gasteiger partial charge in [-0.15, -0.1) is 0 Å². The van der Waals surface area contributed by atoms with Crippen molar-refractivity contribution >= 4 is 28.9 Å². The molecule has 1 heterocycles. The molecule has 0 amide bonds. The van der Waals surface area contributed by atoms with E-state index in [9.17, 15) is 0 Å². The van der Waals surface area contributed by atoms with E-state index in [0.717, 1.165) is 11.6 Å². The Labute approximate surface area is 152 Å². The smallest absolute Gasteiger partial charge is 0.0480 e. The van der Waals surface area contributed by atoms with Crippen molar-refractivity contribution < 1.29 is 0 Å². The molecule has 0 atom stereocenters. The first-order valence-electron chi connectivity index (χ1n) is 8.40. The normalized spacial score (nSPS) is 18.3. The number of anilines is 1. The van der Waals surface area contributed by atoms with Crippen LogP contribution in [0, 0.1) is 10.8 Å². The summed E-state index contributed by atoms with van der Waals surface area (Å²) in [5, 5.41) is 1.51. The topological polar surface area (TPSA) is 3.24 Å². The molecule has 1 aromatic carbocycles. The molecule has 2 rings (SSSR count). The number of hydrogen-bond donors (Lipinski definition) is 0. The highest BCUT2D eigenvalue weighted by Crippen LogP contribution is 2.62. The first-order chi connectivity index (χ1) is 10.1. The van der Waals surface area contributed by atoms with Gasteiger partial charge >= 0.3 is 0 Å². The van der Waals surface area contributed by atoms with E-state index in [1.165, 1.54) is 11.3 Å². The van der Waals surface area contributed by atoms with Crippen LogP contribution in [-0.4, -0.2) is 12.1 Å². The fourth-order valence-corrected chi connectivity index (χ4v) is 5.19. The third-order valence-corrected chi connectivity index (χ3v) is 6.03. The van der Waals surface area contributed by atoms with E-state index in [1.807, 2.05) is 6.07 Å². The minimum Gasteiger partial charge on any atom is -0.365 e. The fraction of sp³-hybridized carbons (Fsp3) is 0.700. The van der Waals surface area contributed by atoms with Crippen LogP contribution in [0.5, 0.6) is 0 Å². The van der Waals surface area contributed by atoms with Crippen molar-refractivity contribution in [1.82, 2.24) is 0 Å². The summed E-state index contributed by atoms with van der Waals surface area (Å²) in [4.78, 5) is 2.48. The molecule has 0 N–H and O–H groups in total. The lowest BCUT2D eigenvalue weighted by Crippen LogP contribution is -2.55. The van der Waals surface area contributed by atoms with E-state index in [4.69, 9.17) is 23.2 Å². The lowest BCUT2D eigenvalue weighted by atomic mass is 9.52. The number of rotatable bonds is 0. The van der Waals surface area contributed by atoms with Crippen LogP contribution < -0.4 is 4.90 Å². The van der Waals surface area contributed by atoms with Crippen molar-refractivity contribution in [2.45, 2.75) is 73.3 Å². The summed E-state index contributed by atoms with van der Waals surface area (Å²) in [5.74, 6) is 0. The van der Waals surface area contributed by atoms with Crippen LogP contribution in [0.15, 0.2) is 12.1 Å². The lowest BCUT2D eigenvalue weighted by molar-refractivity contribution is 0.0636. The first-order valence-corrected chi connectivity index (χ1v) is 9.16. The van der Waals surface area contributed by atoms with Crippen LogP contribution in [0.1, 0.15) is 67.9 Å². The Hall–Kier alpha value is -0.400. The molecule has 0 saturated carbocycles. The van der Waals surface area contributed by atoms with Crippen molar-refractivity contribution in [1.29, 1.82) is 0 Å². The van der Waals surface area contributed by atoms with Gasteiger partial charge in [0.05, 0.1) is 0 Å². The Morgan fingerprint density at radius 3 is 1.74 bits per heavy atom. The number of halogens is 2. The number of fused-ring (bicyclic) bond motifs is 1. The van der Waals surface area contributed by atoms with Crippen molar-refractivity contribution in [2.24, 2.45) is 10.8 Å². The zero-order valence-corrected chi connectivity index (χ0v) is 17.6. The number of nitrogens with zero attached hydrogens (tertiary/aromatic N) is 1. The molecule has 0 aliphatic carbocycles. The molecular formula is C20H31Cl2N. The second kappa shape index (κ2) is 5.30. The second-order valence-corrected chi connectivity index (χ2v) is 10.8. The molecule has 0 fully saturated rings. The monoisotopic (exact) mass is 355 g/mol. The molecule has 0 radical (unpaired) electrons. The summed E-state index contributed by atoms with van der Waals surface area (Å²) in [6.45, 7) is 21.7. The molecule has 0 saturated heterocycles. The molecule has 1 aliphatic heterocycles. The molecule has 1 nitrogen and oxygen atoms in total. The zero-order chi connectivity index (χ0) is 18.0. The minimum atomic E-state index is -0.0513. The van der Waals surface area contributed by atoms with Gasteiger partial charge in [-0.2, -0.15) is 0 Å². The van der Waals surface area contributed by atoms with E-state index >= 15 is 0 Å². The second-order valence-electron chi connectivity index (χ2n) is 9.94. The maximum absolute atomic E-state index is 6.78. The van der Waals surface area contributed by atoms with Gasteiger partial charge in [-0.3, -0.25) is 0 Å². The molecule has 0 unspecified atom stereocenters. The van der Waals surface area contributed by atoms with Crippen LogP contribution >= 0.6 is 23.2 Å². The Bertz CT molecular complexity index is 598. The molecule has 3 heteroatoms. The summed E-state index contributed by atoms with van der Waals surface area (Å²) >= 11 is 13.1. The summed E-state index contributed by atoms with van der Waals surface area (Å²) in [5.41, 5.74) is 2.55. The molecule has 1 aromatic rings. The van der Waals surface area contributed by atoms with Gasteiger partial charge in [0.2, 0.25) is 0 Å². The van der Waals surface area contributed by atoms with Gasteiger partial charge in [-0.25, -0.2) is 0 Å². The van der Waals surface area contributed by atoms with Crippen LogP contribution in [-0.2, 0) is 5.41 Å². The van der Waals surface area contributed by atoms with E-state index in [-0.39, 0.29) is 21.8 Å². The molecule has 23 heavy (non-hydrogen) atoms. The molecule has 0 bridgehead atoms. The van der Waals surface area contributed by atoms with E-state index in [0.29, 0.717) is 5.02 Å². The lowest BCUT2D eigenvalue weighted by Gasteiger charge is -2.53. The fourth-order valence-electron chi connectivity index (χ4n) is 4.54. The van der Waals surface area contributed by atoms with Gasteiger partial charge in [-0.1, -0.05) is 64.7 Å². The van der Waals surface area contributed by atoms with Crippen molar-refractivity contribution in [3.05, 3.63) is 27.7 Å². The van der Waals surface area contributed by atoms with Crippen LogP contribution in [0.25, 0.3) is 0 Å². The van der Waals surface area contributed by atoms with Gasteiger partial charge in [0.1, 0.15) is 0 Å². The molecule has 130 valence electrons. The SMILES string of the molecule is CC(C)(C)N1CC(C(C)(C)C)(C(C)(C)C)c2c(Cl)cc(Cl)cc21. The zero-order valence-electron chi connectivity index (χ0n) is 16.1. The standard InChI is InChI=1S/C20H31Cl2N/c1-17(2,3)20(18(4,5)6)12-23(19(7,8)9)15-11-13(21)10-14(22)16(15)20/h10-11H,12H2,1-9H3. The third kappa shape index (κ3) is 2.78. The predicted octanol–water partition coefficient (Wildman–Crippen LogP) is 6.94. The highest BCUT2D eigenvalue weighted by Gasteiger charge is 2.59. The van der Waals surface area contributed by atoms with Crippen LogP contribution in [0.3, 0.4) is 0 Å². The van der Waals surface area contributed by atoms with Gasteiger partial charge < -0.3 is 4.90 Å². The first kappa shape index (κ1) is 18.9. The highest BCUT2D eigenvalue weighted by atomic mass is 35.5. The Morgan fingerprint density at radius 1 is 0.870 bits per heavy atom. The van der Waals surface area contributed by atoms with Crippen molar-refractivity contribution in [3.63, 3.8) is 0 Å².